The number of benzene rings is 1. The van der Waals surface area contributed by atoms with Crippen molar-refractivity contribution >= 4 is 32.9 Å². The minimum Gasteiger partial charge on any atom is -0.494 e. The average Bonchev–Trinajstić information content (AvgIpc) is 2.64. The van der Waals surface area contributed by atoms with Crippen LogP contribution in [0.3, 0.4) is 0 Å². The van der Waals surface area contributed by atoms with Crippen molar-refractivity contribution in [3.8, 4) is 17.1 Å². The lowest BCUT2D eigenvalue weighted by atomic mass is 10.2. The van der Waals surface area contributed by atoms with Crippen molar-refractivity contribution in [3.63, 3.8) is 0 Å². The summed E-state index contributed by atoms with van der Waals surface area (Å²) in [5, 5.41) is 3.16. The van der Waals surface area contributed by atoms with E-state index in [9.17, 15) is 9.59 Å². The molecule has 0 radical (unpaired) electrons. The smallest absolute Gasteiger partial charge is 0.263 e. The third-order valence-electron chi connectivity index (χ3n) is 3.93. The zero-order valence-corrected chi connectivity index (χ0v) is 17.5. The molecule has 0 fully saturated rings. The van der Waals surface area contributed by atoms with Gasteiger partial charge < -0.3 is 10.1 Å². The second kappa shape index (κ2) is 8.52. The van der Waals surface area contributed by atoms with Gasteiger partial charge in [0.05, 0.1) is 12.0 Å². The largest absolute Gasteiger partial charge is 0.494 e. The highest BCUT2D eigenvalue weighted by Gasteiger charge is 2.17. The fraction of sp³-hybridized carbons (Fsp3) is 0.300. The molecule has 0 unspecified atom stereocenters. The van der Waals surface area contributed by atoms with E-state index < -0.39 is 0 Å². The molecule has 3 aromatic rings. The number of pyridine rings is 1. The van der Waals surface area contributed by atoms with Crippen LogP contribution in [-0.4, -0.2) is 33.1 Å². The third kappa shape index (κ3) is 4.39. The molecular weight excluding hydrogens is 424 g/mol. The van der Waals surface area contributed by atoms with Crippen LogP contribution in [-0.2, 0) is 11.3 Å². The Hall–Kier alpha value is -2.74. The molecule has 7 nitrogen and oxygen atoms in total. The second-order valence-corrected chi connectivity index (χ2v) is 7.45. The van der Waals surface area contributed by atoms with Crippen molar-refractivity contribution < 1.29 is 9.53 Å². The van der Waals surface area contributed by atoms with E-state index in [-0.39, 0.29) is 24.1 Å². The number of ether oxygens (including phenoxy) is 1. The molecule has 0 aliphatic rings. The number of rotatable bonds is 6. The molecule has 3 rings (SSSR count). The minimum absolute atomic E-state index is 0.0304. The Morgan fingerprint density at radius 2 is 2.11 bits per heavy atom. The monoisotopic (exact) mass is 444 g/mol. The maximum Gasteiger partial charge on any atom is 0.263 e. The molecule has 0 bridgehead atoms. The van der Waals surface area contributed by atoms with Crippen molar-refractivity contribution in [1.29, 1.82) is 0 Å². The van der Waals surface area contributed by atoms with Gasteiger partial charge in [0, 0.05) is 22.3 Å². The summed E-state index contributed by atoms with van der Waals surface area (Å²) in [5.74, 6) is 0.771. The molecule has 2 aromatic heterocycles. The van der Waals surface area contributed by atoms with Crippen LogP contribution < -0.4 is 15.6 Å². The Morgan fingerprint density at radius 3 is 2.82 bits per heavy atom. The number of hydrogen-bond acceptors (Lipinski definition) is 5. The van der Waals surface area contributed by atoms with Crippen LogP contribution in [0.4, 0.5) is 0 Å². The maximum atomic E-state index is 13.2. The molecule has 1 amide bonds. The number of aromatic nitrogens is 3. The fourth-order valence-corrected chi connectivity index (χ4v) is 3.18. The number of nitrogens with zero attached hydrogens (tertiary/aromatic N) is 3. The second-order valence-electron chi connectivity index (χ2n) is 6.53. The van der Waals surface area contributed by atoms with Gasteiger partial charge >= 0.3 is 0 Å². The summed E-state index contributed by atoms with van der Waals surface area (Å²) in [6.45, 7) is 6.02. The molecule has 0 atom stereocenters. The number of carbonyl (C=O) groups excluding carboxylic acids is 1. The standard InChI is InChI=1S/C20H21BrN4O3/c1-4-28-15-7-5-6-13(8-15)19-24-18-16(9-14(21)10-22-18)20(27)25(19)11-17(26)23-12(2)3/h5-10,12H,4,11H2,1-3H3,(H,23,26). The molecule has 1 N–H and O–H groups in total. The van der Waals surface area contributed by atoms with Gasteiger partial charge in [-0.2, -0.15) is 0 Å². The molecule has 0 saturated heterocycles. The Balaban J connectivity index is 2.20. The molecule has 0 saturated carbocycles. The highest BCUT2D eigenvalue weighted by molar-refractivity contribution is 9.10. The summed E-state index contributed by atoms with van der Waals surface area (Å²) >= 11 is 3.33. The topological polar surface area (TPSA) is 86.1 Å². The molecule has 2 heterocycles. The molecule has 28 heavy (non-hydrogen) atoms. The number of carbonyl (C=O) groups is 1. The normalized spacial score (nSPS) is 11.0. The molecule has 8 heteroatoms. The third-order valence-corrected chi connectivity index (χ3v) is 4.36. The van der Waals surface area contributed by atoms with Gasteiger partial charge in [0.2, 0.25) is 5.91 Å². The van der Waals surface area contributed by atoms with Gasteiger partial charge in [-0.15, -0.1) is 0 Å². The molecule has 1 aromatic carbocycles. The van der Waals surface area contributed by atoms with E-state index in [1.165, 1.54) is 4.57 Å². The number of nitrogens with one attached hydrogen (secondary N) is 1. The highest BCUT2D eigenvalue weighted by atomic mass is 79.9. The van der Waals surface area contributed by atoms with Crippen molar-refractivity contribution in [2.75, 3.05) is 6.61 Å². The van der Waals surface area contributed by atoms with Gasteiger partial charge in [-0.25, -0.2) is 9.97 Å². The highest BCUT2D eigenvalue weighted by Crippen LogP contribution is 2.23. The first-order valence-corrected chi connectivity index (χ1v) is 9.77. The summed E-state index contributed by atoms with van der Waals surface area (Å²) in [5.41, 5.74) is 0.673. The molecular formula is C20H21BrN4O3. The first-order chi connectivity index (χ1) is 13.4. The van der Waals surface area contributed by atoms with E-state index in [1.807, 2.05) is 39.0 Å². The van der Waals surface area contributed by atoms with Gasteiger partial charge in [-0.05, 0) is 54.9 Å². The summed E-state index contributed by atoms with van der Waals surface area (Å²) < 4.78 is 7.60. The maximum absolute atomic E-state index is 13.2. The van der Waals surface area contributed by atoms with Crippen LogP contribution >= 0.6 is 15.9 Å². The van der Waals surface area contributed by atoms with Gasteiger partial charge in [0.15, 0.2) is 5.65 Å². The lowest BCUT2D eigenvalue weighted by molar-refractivity contribution is -0.122. The van der Waals surface area contributed by atoms with E-state index >= 15 is 0 Å². The Labute approximate surface area is 170 Å². The minimum atomic E-state index is -0.325. The van der Waals surface area contributed by atoms with E-state index in [2.05, 4.69) is 31.2 Å². The number of halogens is 1. The lowest BCUT2D eigenvalue weighted by Gasteiger charge is -2.15. The summed E-state index contributed by atoms with van der Waals surface area (Å²) in [7, 11) is 0. The van der Waals surface area contributed by atoms with Crippen LogP contribution in [0.2, 0.25) is 0 Å². The van der Waals surface area contributed by atoms with E-state index in [0.717, 1.165) is 0 Å². The SMILES string of the molecule is CCOc1cccc(-c2nc3ncc(Br)cc3c(=O)n2CC(=O)NC(C)C)c1. The Bertz CT molecular complexity index is 1080. The Morgan fingerprint density at radius 1 is 1.32 bits per heavy atom. The van der Waals surface area contributed by atoms with E-state index in [0.29, 0.717) is 39.3 Å². The van der Waals surface area contributed by atoms with Gasteiger partial charge in [0.25, 0.3) is 5.56 Å². The first kappa shape index (κ1) is 20.0. The van der Waals surface area contributed by atoms with Crippen molar-refractivity contribution in [2.45, 2.75) is 33.4 Å². The molecule has 146 valence electrons. The number of hydrogen-bond donors (Lipinski definition) is 1. The van der Waals surface area contributed by atoms with Crippen LogP contribution in [0, 0.1) is 0 Å². The quantitative estimate of drug-likeness (QED) is 0.630. The van der Waals surface area contributed by atoms with Crippen LogP contribution in [0.5, 0.6) is 5.75 Å². The van der Waals surface area contributed by atoms with Crippen molar-refractivity contribution in [1.82, 2.24) is 19.9 Å². The van der Waals surface area contributed by atoms with Gasteiger partial charge in [-0.1, -0.05) is 12.1 Å². The van der Waals surface area contributed by atoms with Crippen LogP contribution in [0.25, 0.3) is 22.4 Å². The zero-order chi connectivity index (χ0) is 20.3. The summed E-state index contributed by atoms with van der Waals surface area (Å²) in [4.78, 5) is 34.4. The Kier molecular flexibility index (Phi) is 6.08. The predicted octanol–water partition coefficient (Wildman–Crippen LogP) is 3.14. The van der Waals surface area contributed by atoms with Gasteiger partial charge in [-0.3, -0.25) is 14.2 Å². The first-order valence-electron chi connectivity index (χ1n) is 8.97. The zero-order valence-electron chi connectivity index (χ0n) is 15.9. The molecule has 0 aliphatic carbocycles. The summed E-state index contributed by atoms with van der Waals surface area (Å²) in [6.07, 6.45) is 1.59. The van der Waals surface area contributed by atoms with Crippen LogP contribution in [0.1, 0.15) is 20.8 Å². The number of fused-ring (bicyclic) bond motifs is 1. The van der Waals surface area contributed by atoms with Gasteiger partial charge in [0.1, 0.15) is 18.1 Å². The van der Waals surface area contributed by atoms with Crippen LogP contribution in [0.15, 0.2) is 45.8 Å². The van der Waals surface area contributed by atoms with Crippen molar-refractivity contribution in [2.24, 2.45) is 0 Å². The molecule has 0 spiro atoms. The lowest BCUT2D eigenvalue weighted by Crippen LogP contribution is -2.37. The van der Waals surface area contributed by atoms with E-state index in [4.69, 9.17) is 4.74 Å². The van der Waals surface area contributed by atoms with E-state index in [1.54, 1.807) is 18.3 Å². The predicted molar refractivity (Wildman–Crippen MR) is 111 cm³/mol. The fourth-order valence-electron chi connectivity index (χ4n) is 2.85. The number of amides is 1. The molecule has 0 aliphatic heterocycles. The average molecular weight is 445 g/mol. The van der Waals surface area contributed by atoms with Crippen molar-refractivity contribution in [3.05, 3.63) is 51.4 Å². The summed E-state index contributed by atoms with van der Waals surface area (Å²) in [6, 6.07) is 8.91.